The molecule has 94 valence electrons. The molecule has 0 amide bonds. The molecule has 1 aliphatic heterocycles. The summed E-state index contributed by atoms with van der Waals surface area (Å²) in [5.74, 6) is 0. The Morgan fingerprint density at radius 1 is 1.53 bits per heavy atom. The molecular weight excluding hydrogens is 240 g/mol. The first-order valence-corrected chi connectivity index (χ1v) is 7.19. The van der Waals surface area contributed by atoms with Gasteiger partial charge in [-0.05, 0) is 31.5 Å². The van der Waals surface area contributed by atoms with Crippen molar-refractivity contribution in [1.82, 2.24) is 20.2 Å². The smallest absolute Gasteiger partial charge is 0.216 e. The van der Waals surface area contributed by atoms with E-state index in [9.17, 15) is 8.42 Å². The monoisotopic (exact) mass is 256 g/mol. The maximum absolute atomic E-state index is 12.0. The van der Waals surface area contributed by atoms with Gasteiger partial charge in [0.1, 0.15) is 0 Å². The van der Waals surface area contributed by atoms with Gasteiger partial charge in [0.15, 0.2) is 0 Å². The van der Waals surface area contributed by atoms with Gasteiger partial charge in [-0.15, -0.1) is 0 Å². The predicted molar refractivity (Wildman–Crippen MR) is 63.7 cm³/mol. The summed E-state index contributed by atoms with van der Waals surface area (Å²) in [4.78, 5) is 0. The third-order valence-corrected chi connectivity index (χ3v) is 4.60. The van der Waals surface area contributed by atoms with E-state index in [1.165, 1.54) is 0 Å². The summed E-state index contributed by atoms with van der Waals surface area (Å²) in [6.45, 7) is 1.62. The summed E-state index contributed by atoms with van der Waals surface area (Å²) in [5, 5.41) is 10.3. The van der Waals surface area contributed by atoms with Crippen LogP contribution in [0.25, 0.3) is 0 Å². The first kappa shape index (κ1) is 12.4. The van der Waals surface area contributed by atoms with Crippen LogP contribution < -0.4 is 10.0 Å². The van der Waals surface area contributed by atoms with Crippen LogP contribution in [0.2, 0.25) is 0 Å². The minimum Gasteiger partial charge on any atom is -0.315 e. The second-order valence-corrected chi connectivity index (χ2v) is 6.09. The van der Waals surface area contributed by atoms with Crippen LogP contribution in [0.15, 0.2) is 18.3 Å². The van der Waals surface area contributed by atoms with Crippen molar-refractivity contribution < 1.29 is 8.42 Å². The van der Waals surface area contributed by atoms with E-state index in [4.69, 9.17) is 0 Å². The summed E-state index contributed by atoms with van der Waals surface area (Å²) in [6, 6.07) is 3.48. The molecule has 1 saturated heterocycles. The minimum atomic E-state index is -3.26. The summed E-state index contributed by atoms with van der Waals surface area (Å²) in [7, 11) is -3.26. The number of nitrogens with zero attached hydrogens (tertiary/aromatic N) is 2. The highest BCUT2D eigenvalue weighted by atomic mass is 32.2. The van der Waals surface area contributed by atoms with E-state index >= 15 is 0 Å². The van der Waals surface area contributed by atoms with Crippen LogP contribution >= 0.6 is 0 Å². The predicted octanol–water partition coefficient (Wildman–Crippen LogP) is -0.352. The second kappa shape index (κ2) is 5.52. The largest absolute Gasteiger partial charge is 0.315 e. The SMILES string of the molecule is O=S(=O)(NCc1cccnn1)C1CCCNC1. The van der Waals surface area contributed by atoms with Gasteiger partial charge < -0.3 is 5.32 Å². The van der Waals surface area contributed by atoms with Crippen LogP contribution in [0.5, 0.6) is 0 Å². The highest BCUT2D eigenvalue weighted by Crippen LogP contribution is 2.10. The number of rotatable bonds is 4. The molecule has 7 heteroatoms. The zero-order chi connectivity index (χ0) is 12.1. The van der Waals surface area contributed by atoms with Gasteiger partial charge in [-0.25, -0.2) is 13.1 Å². The standard InChI is InChI=1S/C10H16N4O2S/c15-17(16,10-4-2-5-11-8-10)13-7-9-3-1-6-12-14-9/h1,3,6,10-11,13H,2,4-5,7-8H2. The Hall–Kier alpha value is -1.05. The third kappa shape index (κ3) is 3.45. The lowest BCUT2D eigenvalue weighted by Crippen LogP contribution is -2.44. The van der Waals surface area contributed by atoms with Crippen molar-refractivity contribution in [3.05, 3.63) is 24.0 Å². The second-order valence-electron chi connectivity index (χ2n) is 4.05. The van der Waals surface area contributed by atoms with E-state index in [1.807, 2.05) is 0 Å². The molecule has 0 saturated carbocycles. The van der Waals surface area contributed by atoms with E-state index in [0.717, 1.165) is 13.0 Å². The molecular formula is C10H16N4O2S. The molecule has 6 nitrogen and oxygen atoms in total. The van der Waals surface area contributed by atoms with Gasteiger partial charge in [0, 0.05) is 12.7 Å². The minimum absolute atomic E-state index is 0.201. The molecule has 17 heavy (non-hydrogen) atoms. The molecule has 1 unspecified atom stereocenters. The zero-order valence-electron chi connectivity index (χ0n) is 9.46. The summed E-state index contributed by atoms with van der Waals surface area (Å²) >= 11 is 0. The average molecular weight is 256 g/mol. The number of piperidine rings is 1. The molecule has 2 rings (SSSR count). The molecule has 2 N–H and O–H groups in total. The Morgan fingerprint density at radius 2 is 2.41 bits per heavy atom. The van der Waals surface area contributed by atoms with Crippen LogP contribution in [0.4, 0.5) is 0 Å². The van der Waals surface area contributed by atoms with Gasteiger partial charge in [0.25, 0.3) is 0 Å². The van der Waals surface area contributed by atoms with Crippen molar-refractivity contribution in [2.24, 2.45) is 0 Å². The molecule has 1 aliphatic rings. The van der Waals surface area contributed by atoms with Crippen LogP contribution in [-0.2, 0) is 16.6 Å². The third-order valence-electron chi connectivity index (χ3n) is 2.77. The lowest BCUT2D eigenvalue weighted by molar-refractivity contribution is 0.489. The average Bonchev–Trinajstić information content (AvgIpc) is 2.39. The first-order chi connectivity index (χ1) is 8.18. The molecule has 1 fully saturated rings. The molecule has 0 aromatic carbocycles. The molecule has 1 aromatic heterocycles. The van der Waals surface area contributed by atoms with E-state index in [0.29, 0.717) is 18.7 Å². The van der Waals surface area contributed by atoms with E-state index in [-0.39, 0.29) is 11.8 Å². The molecule has 0 aliphatic carbocycles. The van der Waals surface area contributed by atoms with Gasteiger partial charge in [-0.2, -0.15) is 10.2 Å². The van der Waals surface area contributed by atoms with Crippen molar-refractivity contribution in [1.29, 1.82) is 0 Å². The number of aromatic nitrogens is 2. The lowest BCUT2D eigenvalue weighted by atomic mass is 10.2. The Kier molecular flexibility index (Phi) is 4.03. The first-order valence-electron chi connectivity index (χ1n) is 5.64. The molecule has 2 heterocycles. The molecule has 0 spiro atoms. The number of nitrogens with one attached hydrogen (secondary N) is 2. The molecule has 1 atom stereocenters. The van der Waals surface area contributed by atoms with E-state index in [1.54, 1.807) is 18.3 Å². The van der Waals surface area contributed by atoms with Crippen LogP contribution in [0.1, 0.15) is 18.5 Å². The molecule has 0 bridgehead atoms. The highest BCUT2D eigenvalue weighted by Gasteiger charge is 2.26. The summed E-state index contributed by atoms with van der Waals surface area (Å²) in [5.41, 5.74) is 0.625. The van der Waals surface area contributed by atoms with Crippen molar-refractivity contribution >= 4 is 10.0 Å². The van der Waals surface area contributed by atoms with Gasteiger partial charge in [-0.1, -0.05) is 0 Å². The maximum atomic E-state index is 12.0. The van der Waals surface area contributed by atoms with Crippen LogP contribution in [0.3, 0.4) is 0 Å². The van der Waals surface area contributed by atoms with Gasteiger partial charge in [0.05, 0.1) is 17.5 Å². The summed E-state index contributed by atoms with van der Waals surface area (Å²) < 4.78 is 26.5. The fourth-order valence-corrected chi connectivity index (χ4v) is 3.20. The van der Waals surface area contributed by atoms with E-state index in [2.05, 4.69) is 20.2 Å². The number of hydrogen-bond acceptors (Lipinski definition) is 5. The lowest BCUT2D eigenvalue weighted by Gasteiger charge is -2.22. The van der Waals surface area contributed by atoms with Gasteiger partial charge >= 0.3 is 0 Å². The Balaban J connectivity index is 1.93. The van der Waals surface area contributed by atoms with Crippen molar-refractivity contribution in [3.63, 3.8) is 0 Å². The van der Waals surface area contributed by atoms with Gasteiger partial charge in [0.2, 0.25) is 10.0 Å². The topological polar surface area (TPSA) is 84.0 Å². The molecule has 0 radical (unpaired) electrons. The van der Waals surface area contributed by atoms with Crippen molar-refractivity contribution in [2.45, 2.75) is 24.6 Å². The van der Waals surface area contributed by atoms with Crippen LogP contribution in [-0.4, -0.2) is 37.0 Å². The normalized spacial score (nSPS) is 21.3. The summed E-state index contributed by atoms with van der Waals surface area (Å²) in [6.07, 6.45) is 3.17. The van der Waals surface area contributed by atoms with Gasteiger partial charge in [-0.3, -0.25) is 0 Å². The number of sulfonamides is 1. The highest BCUT2D eigenvalue weighted by molar-refractivity contribution is 7.90. The fourth-order valence-electron chi connectivity index (χ4n) is 1.80. The fraction of sp³-hybridized carbons (Fsp3) is 0.600. The number of hydrogen-bond donors (Lipinski definition) is 2. The zero-order valence-corrected chi connectivity index (χ0v) is 10.3. The molecule has 1 aromatic rings. The van der Waals surface area contributed by atoms with Crippen molar-refractivity contribution in [3.8, 4) is 0 Å². The Morgan fingerprint density at radius 3 is 3.06 bits per heavy atom. The Labute approximate surface area is 101 Å². The van der Waals surface area contributed by atoms with Crippen molar-refractivity contribution in [2.75, 3.05) is 13.1 Å². The van der Waals surface area contributed by atoms with Crippen LogP contribution in [0, 0.1) is 0 Å². The maximum Gasteiger partial charge on any atom is 0.216 e. The van der Waals surface area contributed by atoms with E-state index < -0.39 is 10.0 Å². The Bertz CT molecular complexity index is 443. The quantitative estimate of drug-likeness (QED) is 0.769.